The maximum Gasteiger partial charge on any atom is 0.296 e. The number of aryl methyl sites for hydroxylation is 1. The van der Waals surface area contributed by atoms with Gasteiger partial charge in [0.2, 0.25) is 0 Å². The Morgan fingerprint density at radius 2 is 2.00 bits per heavy atom. The average molecular weight is 210 g/mol. The second-order valence-corrected chi connectivity index (χ2v) is 3.53. The third-order valence-corrected chi connectivity index (χ3v) is 2.02. The lowest BCUT2D eigenvalue weighted by molar-refractivity contribution is 0.483. The third-order valence-electron chi connectivity index (χ3n) is 1.18. The molecule has 1 rings (SSSR count). The van der Waals surface area contributed by atoms with Crippen molar-refractivity contribution in [1.82, 2.24) is 4.98 Å². The monoisotopic (exact) mass is 209 g/mol. The largest absolute Gasteiger partial charge is 0.296 e. The van der Waals surface area contributed by atoms with Gasteiger partial charge in [0, 0.05) is 11.9 Å². The summed E-state index contributed by atoms with van der Waals surface area (Å²) < 4.78 is 29.4. The highest BCUT2D eigenvalue weighted by Gasteiger charge is 2.07. The molecule has 0 atom stereocenters. The maximum atomic E-state index is 10.5. The van der Waals surface area contributed by atoms with E-state index in [1.165, 1.54) is 12.1 Å². The van der Waals surface area contributed by atoms with Crippen molar-refractivity contribution in [3.8, 4) is 0 Å². The van der Waals surface area contributed by atoms with Gasteiger partial charge >= 0.3 is 0 Å². The Morgan fingerprint density at radius 1 is 1.42 bits per heavy atom. The van der Waals surface area contributed by atoms with Crippen LogP contribution in [-0.4, -0.2) is 18.0 Å². The molecule has 0 unspecified atom stereocenters. The van der Waals surface area contributed by atoms with Gasteiger partial charge in [-0.25, -0.2) is 0 Å². The van der Waals surface area contributed by atoms with Crippen LogP contribution in [0.2, 0.25) is 0 Å². The third kappa shape index (κ3) is 2.77. The van der Waals surface area contributed by atoms with Gasteiger partial charge in [-0.3, -0.25) is 9.54 Å². The van der Waals surface area contributed by atoms with Crippen LogP contribution in [0.5, 0.6) is 0 Å². The van der Waals surface area contributed by atoms with E-state index in [2.05, 4.69) is 4.98 Å². The van der Waals surface area contributed by atoms with E-state index >= 15 is 0 Å². The van der Waals surface area contributed by atoms with Crippen molar-refractivity contribution < 1.29 is 13.0 Å². The highest BCUT2D eigenvalue weighted by Crippen LogP contribution is 2.05. The Kier molecular flexibility index (Phi) is 3.63. The summed E-state index contributed by atoms with van der Waals surface area (Å²) in [6.45, 7) is 1.73. The van der Waals surface area contributed by atoms with Crippen molar-refractivity contribution in [1.29, 1.82) is 0 Å². The quantitative estimate of drug-likeness (QED) is 0.703. The molecule has 0 aliphatic rings. The highest BCUT2D eigenvalue weighted by atomic mass is 35.5. The van der Waals surface area contributed by atoms with Crippen LogP contribution in [0, 0.1) is 6.92 Å². The molecule has 6 heteroatoms. The molecule has 0 fully saturated rings. The van der Waals surface area contributed by atoms with Gasteiger partial charge in [-0.05, 0) is 19.1 Å². The zero-order valence-electron chi connectivity index (χ0n) is 6.26. The van der Waals surface area contributed by atoms with Crippen LogP contribution in [0.3, 0.4) is 0 Å². The lowest BCUT2D eigenvalue weighted by atomic mass is 10.4. The summed E-state index contributed by atoms with van der Waals surface area (Å²) in [6.07, 6.45) is 1.12. The van der Waals surface area contributed by atoms with Gasteiger partial charge in [0.1, 0.15) is 4.90 Å². The second-order valence-electron chi connectivity index (χ2n) is 2.11. The molecule has 68 valence electrons. The lowest BCUT2D eigenvalue weighted by Crippen LogP contribution is -1.98. The van der Waals surface area contributed by atoms with E-state index in [0.717, 1.165) is 6.20 Å². The van der Waals surface area contributed by atoms with E-state index in [4.69, 9.17) is 4.55 Å². The molecular formula is C6H8ClNO3S. The van der Waals surface area contributed by atoms with Crippen LogP contribution in [0.1, 0.15) is 5.69 Å². The minimum absolute atomic E-state index is 0. The van der Waals surface area contributed by atoms with Gasteiger partial charge in [0.05, 0.1) is 0 Å². The fraction of sp³-hybridized carbons (Fsp3) is 0.167. The molecule has 0 bridgehead atoms. The molecule has 1 N–H and O–H groups in total. The topological polar surface area (TPSA) is 67.3 Å². The van der Waals surface area contributed by atoms with Crippen LogP contribution in [0.25, 0.3) is 0 Å². The van der Waals surface area contributed by atoms with Gasteiger partial charge in [0.15, 0.2) is 0 Å². The first kappa shape index (κ1) is 11.4. The first-order valence-corrected chi connectivity index (χ1v) is 4.34. The summed E-state index contributed by atoms with van der Waals surface area (Å²) in [4.78, 5) is 3.53. The summed E-state index contributed by atoms with van der Waals surface area (Å²) in [5.41, 5.74) is 0.706. The smallest absolute Gasteiger partial charge is 0.282 e. The van der Waals surface area contributed by atoms with Crippen molar-refractivity contribution in [2.24, 2.45) is 0 Å². The number of hydrogen-bond donors (Lipinski definition) is 1. The van der Waals surface area contributed by atoms with Crippen molar-refractivity contribution in [3.63, 3.8) is 0 Å². The molecule has 0 radical (unpaired) electrons. The molecule has 1 aromatic heterocycles. The molecule has 0 amide bonds. The Balaban J connectivity index is 0.00000121. The summed E-state index contributed by atoms with van der Waals surface area (Å²) >= 11 is 0. The van der Waals surface area contributed by atoms with E-state index in [1.54, 1.807) is 6.92 Å². The van der Waals surface area contributed by atoms with Crippen LogP contribution in [0.15, 0.2) is 23.2 Å². The van der Waals surface area contributed by atoms with Crippen LogP contribution in [-0.2, 0) is 10.1 Å². The summed E-state index contributed by atoms with van der Waals surface area (Å²) in [7, 11) is -4.08. The Morgan fingerprint density at radius 3 is 2.33 bits per heavy atom. The van der Waals surface area contributed by atoms with E-state index in [1.807, 2.05) is 0 Å². The molecule has 0 spiro atoms. The van der Waals surface area contributed by atoms with Gasteiger partial charge in [-0.15, -0.1) is 12.4 Å². The van der Waals surface area contributed by atoms with Crippen molar-refractivity contribution >= 4 is 22.5 Å². The van der Waals surface area contributed by atoms with Crippen LogP contribution >= 0.6 is 12.4 Å². The number of halogens is 1. The number of aromatic nitrogens is 1. The van der Waals surface area contributed by atoms with Gasteiger partial charge in [-0.2, -0.15) is 8.42 Å². The first-order chi connectivity index (χ1) is 5.00. The molecular weight excluding hydrogens is 202 g/mol. The zero-order chi connectivity index (χ0) is 8.48. The second kappa shape index (κ2) is 3.84. The van der Waals surface area contributed by atoms with Gasteiger partial charge in [-0.1, -0.05) is 0 Å². The van der Waals surface area contributed by atoms with Crippen molar-refractivity contribution in [2.45, 2.75) is 11.8 Å². The number of pyridine rings is 1. The van der Waals surface area contributed by atoms with Crippen LogP contribution in [0.4, 0.5) is 0 Å². The fourth-order valence-electron chi connectivity index (χ4n) is 0.607. The Bertz CT molecular complexity index is 346. The predicted molar refractivity (Wildman–Crippen MR) is 46.0 cm³/mol. The predicted octanol–water partition coefficient (Wildman–Crippen LogP) is 1.06. The van der Waals surface area contributed by atoms with E-state index in [9.17, 15) is 8.42 Å². The molecule has 0 aliphatic heterocycles. The highest BCUT2D eigenvalue weighted by molar-refractivity contribution is 7.85. The summed E-state index contributed by atoms with van der Waals surface area (Å²) in [5.74, 6) is 0. The first-order valence-electron chi connectivity index (χ1n) is 2.90. The Labute approximate surface area is 76.8 Å². The van der Waals surface area contributed by atoms with Crippen LogP contribution < -0.4 is 0 Å². The fourth-order valence-corrected chi connectivity index (χ4v) is 1.03. The summed E-state index contributed by atoms with van der Waals surface area (Å²) in [5, 5.41) is 0. The average Bonchev–Trinajstić information content (AvgIpc) is 1.86. The van der Waals surface area contributed by atoms with Gasteiger partial charge in [0.25, 0.3) is 10.1 Å². The molecule has 0 saturated heterocycles. The van der Waals surface area contributed by atoms with Gasteiger partial charge < -0.3 is 0 Å². The van der Waals surface area contributed by atoms with Crippen molar-refractivity contribution in [3.05, 3.63) is 24.0 Å². The lowest BCUT2D eigenvalue weighted by Gasteiger charge is -1.94. The molecule has 1 aromatic rings. The number of rotatable bonds is 1. The minimum atomic E-state index is -4.08. The number of nitrogens with zero attached hydrogens (tertiary/aromatic N) is 1. The zero-order valence-corrected chi connectivity index (χ0v) is 7.89. The van der Waals surface area contributed by atoms with Crippen molar-refractivity contribution in [2.75, 3.05) is 0 Å². The molecule has 12 heavy (non-hydrogen) atoms. The number of hydrogen-bond acceptors (Lipinski definition) is 3. The standard InChI is InChI=1S/C6H7NO3S.ClH/c1-5-2-3-6(4-7-5)11(8,9)10;/h2-4H,1H3,(H,8,9,10);1H. The minimum Gasteiger partial charge on any atom is -0.282 e. The Hall–Kier alpha value is -0.650. The molecule has 4 nitrogen and oxygen atoms in total. The summed E-state index contributed by atoms with van der Waals surface area (Å²) in [6, 6.07) is 2.82. The molecule has 0 aromatic carbocycles. The molecule has 1 heterocycles. The van der Waals surface area contributed by atoms with E-state index in [-0.39, 0.29) is 17.3 Å². The maximum absolute atomic E-state index is 10.5. The SMILES string of the molecule is Cc1ccc(S(=O)(=O)O)cn1.Cl. The van der Waals surface area contributed by atoms with E-state index < -0.39 is 10.1 Å². The molecule has 0 saturated carbocycles. The van der Waals surface area contributed by atoms with E-state index in [0.29, 0.717) is 5.69 Å². The molecule has 0 aliphatic carbocycles. The normalized spacial score (nSPS) is 10.5.